The maximum absolute atomic E-state index is 10.8. The fourth-order valence-electron chi connectivity index (χ4n) is 4.45. The van der Waals surface area contributed by atoms with Gasteiger partial charge in [-0.1, -0.05) is 0 Å². The van der Waals surface area contributed by atoms with Crippen LogP contribution in [-0.2, 0) is 28.4 Å². The summed E-state index contributed by atoms with van der Waals surface area (Å²) >= 11 is 0. The molecule has 14 nitrogen and oxygen atoms in total. The van der Waals surface area contributed by atoms with E-state index in [1.54, 1.807) is 0 Å². The molecule has 2 aliphatic rings. The Labute approximate surface area is 205 Å². The van der Waals surface area contributed by atoms with Crippen LogP contribution in [0.25, 0.3) is 0 Å². The van der Waals surface area contributed by atoms with E-state index in [1.165, 1.54) is 28.4 Å². The Morgan fingerprint density at radius 3 is 1.29 bits per heavy atom. The molecule has 15 heteroatoms. The number of ether oxygens (including phenoxy) is 6. The first-order chi connectivity index (χ1) is 16.8. The Kier molecular flexibility index (Phi) is 13.1. The third-order valence-corrected chi connectivity index (χ3v) is 9.55. The van der Waals surface area contributed by atoms with Crippen molar-refractivity contribution in [1.29, 1.82) is 0 Å². The summed E-state index contributed by atoms with van der Waals surface area (Å²) < 4.78 is 32.7. The largest absolute Gasteiger partial charge is 0.394 e. The van der Waals surface area contributed by atoms with Gasteiger partial charge in [-0.2, -0.15) is 0 Å². The average Bonchev–Trinajstić information content (AvgIpc) is 2.89. The molecule has 2 fully saturated rings. The van der Waals surface area contributed by atoms with Gasteiger partial charge >= 0.3 is 0 Å². The molecule has 2 saturated heterocycles. The number of aliphatic hydroxyl groups is 6. The first-order valence-corrected chi connectivity index (χ1v) is 13.9. The molecule has 2 heterocycles. The monoisotopic (exact) mass is 533 g/mol. The van der Waals surface area contributed by atoms with Crippen LogP contribution in [0.4, 0.5) is 0 Å². The third kappa shape index (κ3) is 7.05. The highest BCUT2D eigenvalue weighted by Gasteiger charge is 2.50. The summed E-state index contributed by atoms with van der Waals surface area (Å²) in [6.45, 7) is -0.745. The van der Waals surface area contributed by atoms with Gasteiger partial charge in [-0.15, -0.1) is 0 Å². The fourth-order valence-corrected chi connectivity index (χ4v) is 6.25. The van der Waals surface area contributed by atoms with Gasteiger partial charge in [-0.3, -0.25) is 10.6 Å². The lowest BCUT2D eigenvalue weighted by Crippen LogP contribution is -2.65. The molecule has 10 atom stereocenters. The molecule has 10 unspecified atom stereocenters. The SMILES string of the molecule is COC1OC(CO)C(OC)C(O)C1NC[P+](CO)(CO)CNC1C(OC)OC(CO)C(OC)C1O. The van der Waals surface area contributed by atoms with E-state index in [1.807, 2.05) is 0 Å². The Morgan fingerprint density at radius 2 is 1.03 bits per heavy atom. The van der Waals surface area contributed by atoms with Gasteiger partial charge in [0.15, 0.2) is 25.3 Å². The molecular formula is C20H42N2O12P+. The average molecular weight is 534 g/mol. The fraction of sp³-hybridized carbons (Fsp3) is 1.00. The molecule has 208 valence electrons. The number of hydrogen-bond donors (Lipinski definition) is 8. The van der Waals surface area contributed by atoms with E-state index >= 15 is 0 Å². The van der Waals surface area contributed by atoms with Crippen molar-refractivity contribution in [2.24, 2.45) is 0 Å². The predicted molar refractivity (Wildman–Crippen MR) is 124 cm³/mol. The van der Waals surface area contributed by atoms with Crippen molar-refractivity contribution in [3.63, 3.8) is 0 Å². The van der Waals surface area contributed by atoms with Crippen LogP contribution in [0.1, 0.15) is 0 Å². The van der Waals surface area contributed by atoms with Gasteiger partial charge in [-0.05, 0) is 0 Å². The van der Waals surface area contributed by atoms with Crippen LogP contribution >= 0.6 is 7.26 Å². The molecule has 0 saturated carbocycles. The molecule has 0 radical (unpaired) electrons. The summed E-state index contributed by atoms with van der Waals surface area (Å²) in [7, 11) is 3.03. The highest BCUT2D eigenvalue weighted by molar-refractivity contribution is 7.75. The summed E-state index contributed by atoms with van der Waals surface area (Å²) in [5.74, 6) is 0. The minimum Gasteiger partial charge on any atom is -0.394 e. The summed E-state index contributed by atoms with van der Waals surface area (Å²) in [6, 6.07) is -1.55. The number of nitrogens with one attached hydrogen (secondary N) is 2. The topological polar surface area (TPSA) is 201 Å². The van der Waals surface area contributed by atoms with Crippen LogP contribution in [0.15, 0.2) is 0 Å². The number of methoxy groups -OCH3 is 4. The van der Waals surface area contributed by atoms with Crippen LogP contribution in [0.3, 0.4) is 0 Å². The minimum absolute atomic E-state index is 0.118. The van der Waals surface area contributed by atoms with Crippen molar-refractivity contribution in [3.8, 4) is 0 Å². The van der Waals surface area contributed by atoms with E-state index < -0.39 is 68.6 Å². The van der Waals surface area contributed by atoms with Crippen LogP contribution in [0, 0.1) is 0 Å². The molecule has 0 aromatic carbocycles. The van der Waals surface area contributed by atoms with E-state index in [2.05, 4.69) is 10.6 Å². The van der Waals surface area contributed by atoms with Gasteiger partial charge in [0.25, 0.3) is 0 Å². The second kappa shape index (κ2) is 14.7. The maximum atomic E-state index is 10.8. The molecule has 8 N–H and O–H groups in total. The van der Waals surface area contributed by atoms with Crippen LogP contribution in [0.5, 0.6) is 0 Å². The summed E-state index contributed by atoms with van der Waals surface area (Å²) in [4.78, 5) is 0. The second-order valence-electron chi connectivity index (χ2n) is 8.70. The van der Waals surface area contributed by atoms with Crippen molar-refractivity contribution in [1.82, 2.24) is 10.6 Å². The number of rotatable bonds is 14. The Hall–Kier alpha value is -0.130. The summed E-state index contributed by atoms with van der Waals surface area (Å²) in [5.41, 5.74) is 0. The lowest BCUT2D eigenvalue weighted by atomic mass is 9.97. The number of aliphatic hydroxyl groups excluding tert-OH is 6. The highest BCUT2D eigenvalue weighted by Crippen LogP contribution is 2.55. The van der Waals surface area contributed by atoms with E-state index in [4.69, 9.17) is 28.4 Å². The zero-order valence-electron chi connectivity index (χ0n) is 20.6. The smallest absolute Gasteiger partial charge is 0.175 e. The van der Waals surface area contributed by atoms with Crippen molar-refractivity contribution >= 4 is 7.26 Å². The van der Waals surface area contributed by atoms with Crippen molar-refractivity contribution < 1.29 is 59.1 Å². The lowest BCUT2D eigenvalue weighted by molar-refractivity contribution is -0.267. The summed E-state index contributed by atoms with van der Waals surface area (Å²) in [6.07, 6.45) is -7.69. The van der Waals surface area contributed by atoms with Crippen LogP contribution in [0.2, 0.25) is 0 Å². The number of hydrogen-bond acceptors (Lipinski definition) is 14. The molecule has 0 spiro atoms. The summed E-state index contributed by atoms with van der Waals surface area (Å²) in [5, 5.41) is 67.4. The molecular weight excluding hydrogens is 491 g/mol. The van der Waals surface area contributed by atoms with E-state index in [0.29, 0.717) is 0 Å². The Bertz CT molecular complexity index is 560. The molecule has 0 aromatic heterocycles. The second-order valence-corrected chi connectivity index (χ2v) is 12.6. The van der Waals surface area contributed by atoms with Gasteiger partial charge in [0.1, 0.15) is 49.2 Å². The predicted octanol–water partition coefficient (Wildman–Crippen LogP) is -3.79. The highest BCUT2D eigenvalue weighted by atomic mass is 31.2. The van der Waals surface area contributed by atoms with E-state index in [0.717, 1.165) is 0 Å². The van der Waals surface area contributed by atoms with Gasteiger partial charge < -0.3 is 59.1 Å². The first-order valence-electron chi connectivity index (χ1n) is 11.3. The first kappa shape index (κ1) is 31.1. The molecule has 2 rings (SSSR count). The molecule has 0 aromatic rings. The Morgan fingerprint density at radius 1 is 0.657 bits per heavy atom. The van der Waals surface area contributed by atoms with Gasteiger partial charge in [0.2, 0.25) is 0 Å². The van der Waals surface area contributed by atoms with Crippen molar-refractivity contribution in [2.45, 2.75) is 61.3 Å². The molecule has 0 bridgehead atoms. The van der Waals surface area contributed by atoms with Crippen LogP contribution in [-0.4, -0.2) is 159 Å². The molecule has 0 amide bonds. The molecule has 2 aliphatic heterocycles. The van der Waals surface area contributed by atoms with E-state index in [9.17, 15) is 30.6 Å². The lowest BCUT2D eigenvalue weighted by Gasteiger charge is -2.44. The quantitative estimate of drug-likeness (QED) is 0.101. The van der Waals surface area contributed by atoms with Crippen LogP contribution < -0.4 is 10.6 Å². The molecule has 0 aliphatic carbocycles. The van der Waals surface area contributed by atoms with Crippen molar-refractivity contribution in [2.75, 3.05) is 66.9 Å². The van der Waals surface area contributed by atoms with Gasteiger partial charge in [-0.25, -0.2) is 0 Å². The van der Waals surface area contributed by atoms with Gasteiger partial charge in [0.05, 0.1) is 32.6 Å². The van der Waals surface area contributed by atoms with Gasteiger partial charge in [0, 0.05) is 28.4 Å². The minimum atomic E-state index is -2.56. The normalized spacial score (nSPS) is 38.6. The van der Waals surface area contributed by atoms with Crippen molar-refractivity contribution in [3.05, 3.63) is 0 Å². The Balaban J connectivity index is 2.11. The standard InChI is InChI=1S/C20H42N2O12P/c1-29-17-11(5-23)33-19(31-3)13(15(17)27)21-7-35(9-25,10-26)8-22-14-16(28)18(30-2)12(6-24)34-20(14)32-4/h11-28H,5-10H2,1-4H3/q+1. The zero-order valence-corrected chi connectivity index (χ0v) is 21.5. The third-order valence-electron chi connectivity index (χ3n) is 6.64. The van der Waals surface area contributed by atoms with E-state index in [-0.39, 0.29) is 38.5 Å². The molecule has 35 heavy (non-hydrogen) atoms. The maximum Gasteiger partial charge on any atom is 0.175 e. The zero-order chi connectivity index (χ0) is 26.2.